The Bertz CT molecular complexity index is 923. The third-order valence-corrected chi connectivity index (χ3v) is 4.93. The third-order valence-electron chi connectivity index (χ3n) is 4.44. The van der Waals surface area contributed by atoms with Gasteiger partial charge in [0.05, 0.1) is 12.2 Å². The molecule has 0 saturated heterocycles. The van der Waals surface area contributed by atoms with Gasteiger partial charge in [-0.1, -0.05) is 40.2 Å². The topological polar surface area (TPSA) is 69.6 Å². The molecule has 0 spiro atoms. The van der Waals surface area contributed by atoms with Crippen molar-refractivity contribution in [2.75, 3.05) is 23.4 Å². The van der Waals surface area contributed by atoms with E-state index in [1.807, 2.05) is 36.4 Å². The van der Waals surface area contributed by atoms with Crippen molar-refractivity contribution in [1.82, 2.24) is 0 Å². The van der Waals surface area contributed by atoms with Crippen LogP contribution in [0, 0.1) is 0 Å². The number of carbonyl (C=O) groups excluding carboxylic acids is 2. The van der Waals surface area contributed by atoms with Crippen molar-refractivity contribution >= 4 is 45.1 Å². The minimum absolute atomic E-state index is 0.0590. The van der Waals surface area contributed by atoms with Crippen LogP contribution in [0.1, 0.15) is 26.3 Å². The predicted molar refractivity (Wildman–Crippen MR) is 100 cm³/mol. The molecule has 5 nitrogen and oxygen atoms in total. The molecule has 1 aliphatic heterocycles. The number of hydrogen-bond donors (Lipinski definition) is 2. The minimum atomic E-state index is -0.630. The maximum atomic E-state index is 13.3. The zero-order valence-electron chi connectivity index (χ0n) is 13.2. The molecule has 2 aromatic carbocycles. The van der Waals surface area contributed by atoms with Gasteiger partial charge >= 0.3 is 0 Å². The van der Waals surface area contributed by atoms with Crippen molar-refractivity contribution in [3.63, 3.8) is 0 Å². The first-order valence-electron chi connectivity index (χ1n) is 7.95. The normalized spacial score (nSPS) is 17.8. The molecule has 0 aromatic heterocycles. The molecule has 1 unspecified atom stereocenters. The second-order valence-electron chi connectivity index (χ2n) is 5.93. The van der Waals surface area contributed by atoms with Gasteiger partial charge in [-0.05, 0) is 29.8 Å². The number of nitrogens with one attached hydrogen (secondary N) is 1. The molecule has 0 radical (unpaired) electrons. The van der Waals surface area contributed by atoms with Gasteiger partial charge in [-0.2, -0.15) is 0 Å². The van der Waals surface area contributed by atoms with Crippen molar-refractivity contribution in [3.8, 4) is 0 Å². The fourth-order valence-electron chi connectivity index (χ4n) is 3.37. The van der Waals surface area contributed by atoms with Gasteiger partial charge in [0.2, 0.25) is 0 Å². The number of carbonyl (C=O) groups is 2. The van der Waals surface area contributed by atoms with Crippen molar-refractivity contribution in [1.29, 1.82) is 0 Å². The molecule has 1 heterocycles. The molecular weight excluding hydrogens is 384 g/mol. The van der Waals surface area contributed by atoms with E-state index in [-0.39, 0.29) is 18.3 Å². The monoisotopic (exact) mass is 398 g/mol. The quantitative estimate of drug-likeness (QED) is 0.829. The summed E-state index contributed by atoms with van der Waals surface area (Å²) in [5.41, 5.74) is 2.82. The number of nitrogens with zero attached hydrogens (tertiary/aromatic N) is 1. The van der Waals surface area contributed by atoms with E-state index in [4.69, 9.17) is 5.11 Å². The Morgan fingerprint density at radius 2 is 2.00 bits per heavy atom. The van der Waals surface area contributed by atoms with Crippen LogP contribution in [0.25, 0.3) is 6.08 Å². The van der Waals surface area contributed by atoms with Gasteiger partial charge in [-0.25, -0.2) is 0 Å². The lowest BCUT2D eigenvalue weighted by Gasteiger charge is -2.37. The SMILES string of the molecule is O=C1c2c3ccc(NCCO)c2C(=O)N(c2cccc(Br)c2)C1C=C3. The smallest absolute Gasteiger partial charge is 0.262 e. The van der Waals surface area contributed by atoms with Crippen molar-refractivity contribution < 1.29 is 14.7 Å². The van der Waals surface area contributed by atoms with Gasteiger partial charge < -0.3 is 10.4 Å². The molecule has 1 amide bonds. The minimum Gasteiger partial charge on any atom is -0.395 e. The van der Waals surface area contributed by atoms with Gasteiger partial charge in [-0.3, -0.25) is 14.5 Å². The number of halogens is 1. The zero-order valence-corrected chi connectivity index (χ0v) is 14.8. The molecule has 126 valence electrons. The standard InChI is InChI=1S/C19H15BrN2O3/c20-12-2-1-3-13(10-12)22-15-7-5-11-4-6-14(21-8-9-23)17(19(22)25)16(11)18(15)24/h1-7,10,15,21,23H,8-9H2. The molecule has 2 aromatic rings. The second kappa shape index (κ2) is 6.13. The molecule has 2 aliphatic rings. The first kappa shape index (κ1) is 16.1. The lowest BCUT2D eigenvalue weighted by atomic mass is 9.83. The average molecular weight is 399 g/mol. The molecule has 4 rings (SSSR count). The molecule has 2 bridgehead atoms. The van der Waals surface area contributed by atoms with E-state index in [0.717, 1.165) is 10.0 Å². The van der Waals surface area contributed by atoms with Gasteiger partial charge in [0.1, 0.15) is 6.04 Å². The molecule has 0 fully saturated rings. The summed E-state index contributed by atoms with van der Waals surface area (Å²) in [5, 5.41) is 12.1. The van der Waals surface area contributed by atoms with E-state index in [1.54, 1.807) is 12.1 Å². The van der Waals surface area contributed by atoms with Crippen molar-refractivity contribution in [2.45, 2.75) is 6.04 Å². The van der Waals surface area contributed by atoms with E-state index in [0.29, 0.717) is 29.0 Å². The van der Waals surface area contributed by atoms with Crippen LogP contribution < -0.4 is 10.2 Å². The summed E-state index contributed by atoms with van der Waals surface area (Å²) in [6.45, 7) is 0.250. The highest BCUT2D eigenvalue weighted by molar-refractivity contribution is 9.10. The van der Waals surface area contributed by atoms with Crippen LogP contribution in [0.15, 0.2) is 46.9 Å². The summed E-state index contributed by atoms with van der Waals surface area (Å²) in [4.78, 5) is 27.8. The fraction of sp³-hybridized carbons (Fsp3) is 0.158. The molecular formula is C19H15BrN2O3. The Hall–Kier alpha value is -2.44. The lowest BCUT2D eigenvalue weighted by Crippen LogP contribution is -2.50. The number of Topliss-reactive ketones (excluding diaryl/α,β-unsaturated/α-hetero) is 1. The van der Waals surface area contributed by atoms with Crippen LogP contribution in [0.5, 0.6) is 0 Å². The van der Waals surface area contributed by atoms with E-state index in [1.165, 1.54) is 4.90 Å². The Morgan fingerprint density at radius 1 is 1.16 bits per heavy atom. The Morgan fingerprint density at radius 3 is 2.76 bits per heavy atom. The van der Waals surface area contributed by atoms with E-state index in [2.05, 4.69) is 21.2 Å². The van der Waals surface area contributed by atoms with Gasteiger partial charge in [0, 0.05) is 28.0 Å². The number of anilines is 2. The zero-order chi connectivity index (χ0) is 17.6. The highest BCUT2D eigenvalue weighted by Gasteiger charge is 2.42. The van der Waals surface area contributed by atoms with E-state index >= 15 is 0 Å². The van der Waals surface area contributed by atoms with Crippen molar-refractivity contribution in [3.05, 3.63) is 63.6 Å². The number of benzene rings is 2. The van der Waals surface area contributed by atoms with E-state index < -0.39 is 6.04 Å². The molecule has 6 heteroatoms. The van der Waals surface area contributed by atoms with Crippen LogP contribution >= 0.6 is 15.9 Å². The lowest BCUT2D eigenvalue weighted by molar-refractivity contribution is 0.0885. The maximum absolute atomic E-state index is 13.3. The number of aliphatic hydroxyl groups is 1. The number of amides is 1. The van der Waals surface area contributed by atoms with Crippen molar-refractivity contribution in [2.24, 2.45) is 0 Å². The Kier molecular flexibility index (Phi) is 3.94. The molecule has 1 atom stereocenters. The first-order chi connectivity index (χ1) is 12.1. The summed E-state index contributed by atoms with van der Waals surface area (Å²) in [6.07, 6.45) is 3.66. The number of ketones is 1. The predicted octanol–water partition coefficient (Wildman–Crippen LogP) is 3.09. The molecule has 25 heavy (non-hydrogen) atoms. The fourth-order valence-corrected chi connectivity index (χ4v) is 3.75. The number of fused-ring (bicyclic) bond motifs is 1. The van der Waals surface area contributed by atoms with E-state index in [9.17, 15) is 9.59 Å². The van der Waals surface area contributed by atoms with Crippen LogP contribution in [0.2, 0.25) is 0 Å². The summed E-state index contributed by atoms with van der Waals surface area (Å²) < 4.78 is 0.836. The summed E-state index contributed by atoms with van der Waals surface area (Å²) in [6, 6.07) is 10.3. The summed E-state index contributed by atoms with van der Waals surface area (Å²) in [7, 11) is 0. The largest absolute Gasteiger partial charge is 0.395 e. The average Bonchev–Trinajstić information content (AvgIpc) is 2.60. The van der Waals surface area contributed by atoms with Crippen LogP contribution in [0.4, 0.5) is 11.4 Å². The number of aliphatic hydroxyl groups excluding tert-OH is 1. The molecule has 1 aliphatic carbocycles. The Balaban J connectivity index is 1.91. The first-order valence-corrected chi connectivity index (χ1v) is 8.74. The highest BCUT2D eigenvalue weighted by Crippen LogP contribution is 2.38. The van der Waals surface area contributed by atoms with Gasteiger partial charge in [-0.15, -0.1) is 0 Å². The summed E-state index contributed by atoms with van der Waals surface area (Å²) in [5.74, 6) is -0.302. The van der Waals surface area contributed by atoms with Gasteiger partial charge in [0.25, 0.3) is 5.91 Å². The van der Waals surface area contributed by atoms with Crippen LogP contribution in [0.3, 0.4) is 0 Å². The van der Waals surface area contributed by atoms with Gasteiger partial charge in [0.15, 0.2) is 5.78 Å². The highest BCUT2D eigenvalue weighted by atomic mass is 79.9. The maximum Gasteiger partial charge on any atom is 0.262 e. The molecule has 0 saturated carbocycles. The number of hydrogen-bond acceptors (Lipinski definition) is 4. The van der Waals surface area contributed by atoms with Crippen LogP contribution in [-0.4, -0.2) is 36.0 Å². The molecule has 2 N–H and O–H groups in total. The van der Waals surface area contributed by atoms with Crippen LogP contribution in [-0.2, 0) is 0 Å². The third kappa shape index (κ3) is 2.49. The summed E-state index contributed by atoms with van der Waals surface area (Å²) >= 11 is 3.42. The second-order valence-corrected chi connectivity index (χ2v) is 6.84. The number of rotatable bonds is 4. The Labute approximate surface area is 153 Å².